The third kappa shape index (κ3) is 6.20. The molecule has 0 atom stereocenters. The summed E-state index contributed by atoms with van der Waals surface area (Å²) in [4.78, 5) is 39.6. The molecule has 198 valence electrons. The number of hydrogen-bond acceptors (Lipinski definition) is 7. The summed E-state index contributed by atoms with van der Waals surface area (Å²) in [6.45, 7) is 4.43. The maximum absolute atomic E-state index is 13.3. The second kappa shape index (κ2) is 12.2. The molecule has 1 aromatic heterocycles. The van der Waals surface area contributed by atoms with Crippen LogP contribution in [0.5, 0.6) is 0 Å². The predicted octanol–water partition coefficient (Wildman–Crippen LogP) is 4.58. The van der Waals surface area contributed by atoms with Gasteiger partial charge in [-0.15, -0.1) is 0 Å². The number of ketones is 1. The standard InChI is InChI=1S/C28H28ClN5O3.CH4/c1-33-11-10-30-27(33)20-4-2-19(3-5-20)25(35)16-21-6-8-23(34-12-14-37-15-13-34)17-24(21)28(36)32-26-9-7-22(29)18-31-26;/h2-9,17-18H,10-16H2,1H3,(H,31,32,36);1H4. The van der Waals surface area contributed by atoms with Gasteiger partial charge >= 0.3 is 0 Å². The molecule has 38 heavy (non-hydrogen) atoms. The van der Waals surface area contributed by atoms with E-state index < -0.39 is 0 Å². The topological polar surface area (TPSA) is 87.1 Å². The second-order valence-electron chi connectivity index (χ2n) is 9.06. The summed E-state index contributed by atoms with van der Waals surface area (Å²) < 4.78 is 5.46. The number of amides is 1. The minimum atomic E-state index is -0.328. The molecule has 1 saturated heterocycles. The van der Waals surface area contributed by atoms with Gasteiger partial charge in [0.2, 0.25) is 0 Å². The number of ether oxygens (including phenoxy) is 1. The van der Waals surface area contributed by atoms with Crippen molar-refractivity contribution in [3.05, 3.63) is 88.1 Å². The first-order chi connectivity index (χ1) is 18.0. The zero-order valence-electron chi connectivity index (χ0n) is 20.6. The Bertz CT molecular complexity index is 1320. The molecule has 0 saturated carbocycles. The number of carbonyl (C=O) groups excluding carboxylic acids is 2. The summed E-state index contributed by atoms with van der Waals surface area (Å²) >= 11 is 5.93. The lowest BCUT2D eigenvalue weighted by Gasteiger charge is -2.29. The van der Waals surface area contributed by atoms with Gasteiger partial charge in [-0.25, -0.2) is 4.98 Å². The van der Waals surface area contributed by atoms with Crippen molar-refractivity contribution >= 4 is 40.6 Å². The predicted molar refractivity (Wildman–Crippen MR) is 152 cm³/mol. The zero-order valence-corrected chi connectivity index (χ0v) is 21.4. The van der Waals surface area contributed by atoms with Gasteiger partial charge in [0.15, 0.2) is 5.78 Å². The summed E-state index contributed by atoms with van der Waals surface area (Å²) in [6.07, 6.45) is 1.57. The quantitative estimate of drug-likeness (QED) is 0.447. The van der Waals surface area contributed by atoms with Crippen molar-refractivity contribution in [2.24, 2.45) is 4.99 Å². The number of aliphatic imine (C=N–C) groups is 1. The molecule has 0 unspecified atom stereocenters. The van der Waals surface area contributed by atoms with Crippen LogP contribution in [0.4, 0.5) is 11.5 Å². The highest BCUT2D eigenvalue weighted by Crippen LogP contribution is 2.24. The molecule has 3 heterocycles. The molecule has 1 N–H and O–H groups in total. The second-order valence-corrected chi connectivity index (χ2v) is 9.50. The van der Waals surface area contributed by atoms with Gasteiger partial charge in [-0.3, -0.25) is 14.6 Å². The van der Waals surface area contributed by atoms with Gasteiger partial charge in [-0.1, -0.05) is 49.4 Å². The molecular formula is C29H32ClN5O3. The van der Waals surface area contributed by atoms with Crippen molar-refractivity contribution in [2.45, 2.75) is 13.8 Å². The minimum absolute atomic E-state index is 0. The molecule has 3 aromatic rings. The van der Waals surface area contributed by atoms with E-state index in [0.717, 1.165) is 43.3 Å². The Kier molecular flexibility index (Phi) is 8.76. The van der Waals surface area contributed by atoms with Crippen LogP contribution in [0.1, 0.15) is 39.3 Å². The Balaban J connectivity index is 0.00000336. The van der Waals surface area contributed by atoms with Crippen molar-refractivity contribution in [2.75, 3.05) is 56.7 Å². The highest BCUT2D eigenvalue weighted by Gasteiger charge is 2.20. The number of halogens is 1. The van der Waals surface area contributed by atoms with E-state index in [-0.39, 0.29) is 25.5 Å². The van der Waals surface area contributed by atoms with Crippen LogP contribution in [0, 0.1) is 0 Å². The molecule has 1 fully saturated rings. The first kappa shape index (κ1) is 27.3. The van der Waals surface area contributed by atoms with Crippen LogP contribution in [0.25, 0.3) is 0 Å². The van der Waals surface area contributed by atoms with Crippen molar-refractivity contribution in [1.82, 2.24) is 9.88 Å². The number of pyridine rings is 1. The average molecular weight is 534 g/mol. The fourth-order valence-electron chi connectivity index (χ4n) is 4.51. The maximum atomic E-state index is 13.3. The van der Waals surface area contributed by atoms with Crippen molar-refractivity contribution in [3.63, 3.8) is 0 Å². The summed E-state index contributed by atoms with van der Waals surface area (Å²) in [5, 5.41) is 3.31. The van der Waals surface area contributed by atoms with Gasteiger partial charge in [0.05, 0.1) is 24.8 Å². The van der Waals surface area contributed by atoms with Crippen LogP contribution in [0.2, 0.25) is 5.02 Å². The van der Waals surface area contributed by atoms with Gasteiger partial charge in [0.1, 0.15) is 11.7 Å². The highest BCUT2D eigenvalue weighted by atomic mass is 35.5. The van der Waals surface area contributed by atoms with Gasteiger partial charge in [0, 0.05) is 61.7 Å². The fourth-order valence-corrected chi connectivity index (χ4v) is 4.62. The third-order valence-corrected chi connectivity index (χ3v) is 6.78. The van der Waals surface area contributed by atoms with Gasteiger partial charge in [-0.2, -0.15) is 0 Å². The minimum Gasteiger partial charge on any atom is -0.378 e. The Morgan fingerprint density at radius 2 is 1.79 bits per heavy atom. The molecule has 8 nitrogen and oxygen atoms in total. The molecule has 1 amide bonds. The number of likely N-dealkylation sites (N-methyl/N-ethyl adjacent to an activating group) is 1. The third-order valence-electron chi connectivity index (χ3n) is 6.56. The average Bonchev–Trinajstić information content (AvgIpc) is 3.36. The molecule has 0 bridgehead atoms. The van der Waals surface area contributed by atoms with Crippen LogP contribution < -0.4 is 10.2 Å². The number of anilines is 2. The van der Waals surface area contributed by atoms with Crippen LogP contribution in [0.15, 0.2) is 65.8 Å². The number of Topliss-reactive ketones (excluding diaryl/α,β-unsaturated/α-hetero) is 1. The van der Waals surface area contributed by atoms with Crippen LogP contribution in [-0.4, -0.2) is 73.9 Å². The molecular weight excluding hydrogens is 502 g/mol. The Hall–Kier alpha value is -3.75. The number of carbonyl (C=O) groups is 2. The molecule has 2 aliphatic rings. The Labute approximate surface area is 228 Å². The Morgan fingerprint density at radius 3 is 2.45 bits per heavy atom. The smallest absolute Gasteiger partial charge is 0.257 e. The normalized spacial score (nSPS) is 15.1. The van der Waals surface area contributed by atoms with E-state index in [1.165, 1.54) is 6.20 Å². The van der Waals surface area contributed by atoms with E-state index in [0.29, 0.717) is 40.7 Å². The van der Waals surface area contributed by atoms with Gasteiger partial charge < -0.3 is 19.9 Å². The Morgan fingerprint density at radius 1 is 1.03 bits per heavy atom. The van der Waals surface area contributed by atoms with Gasteiger partial charge in [0.25, 0.3) is 5.91 Å². The number of amidine groups is 1. The van der Waals surface area contributed by atoms with Crippen molar-refractivity contribution < 1.29 is 14.3 Å². The van der Waals surface area contributed by atoms with E-state index in [1.54, 1.807) is 12.1 Å². The van der Waals surface area contributed by atoms with Gasteiger partial charge in [-0.05, 0) is 29.8 Å². The molecule has 2 aromatic carbocycles. The van der Waals surface area contributed by atoms with Crippen LogP contribution in [-0.2, 0) is 11.2 Å². The number of aromatic nitrogens is 1. The highest BCUT2D eigenvalue weighted by molar-refractivity contribution is 6.30. The lowest BCUT2D eigenvalue weighted by atomic mass is 9.96. The lowest BCUT2D eigenvalue weighted by molar-refractivity contribution is 0.0992. The fraction of sp³-hybridized carbons (Fsp3) is 0.310. The molecule has 0 spiro atoms. The monoisotopic (exact) mass is 533 g/mol. The molecule has 0 radical (unpaired) electrons. The molecule has 2 aliphatic heterocycles. The van der Waals surface area contributed by atoms with E-state index in [4.69, 9.17) is 16.3 Å². The summed E-state index contributed by atoms with van der Waals surface area (Å²) in [6, 6.07) is 16.5. The number of benzene rings is 2. The first-order valence-corrected chi connectivity index (χ1v) is 12.6. The van der Waals surface area contributed by atoms with Crippen molar-refractivity contribution in [1.29, 1.82) is 0 Å². The number of morpholine rings is 1. The lowest BCUT2D eigenvalue weighted by Crippen LogP contribution is -2.36. The summed E-state index contributed by atoms with van der Waals surface area (Å²) in [5.74, 6) is 0.933. The zero-order chi connectivity index (χ0) is 25.8. The largest absolute Gasteiger partial charge is 0.378 e. The SMILES string of the molecule is C.CN1CCN=C1c1ccc(C(=O)Cc2ccc(N3CCOCC3)cc2C(=O)Nc2ccc(Cl)cn2)cc1. The molecule has 9 heteroatoms. The molecule has 0 aliphatic carbocycles. The van der Waals surface area contributed by atoms with E-state index in [2.05, 4.69) is 25.1 Å². The molecule has 5 rings (SSSR count). The van der Waals surface area contributed by atoms with Crippen LogP contribution >= 0.6 is 11.6 Å². The summed E-state index contributed by atoms with van der Waals surface area (Å²) in [7, 11) is 2.01. The van der Waals surface area contributed by atoms with E-state index in [9.17, 15) is 9.59 Å². The number of hydrogen-bond donors (Lipinski definition) is 1. The maximum Gasteiger partial charge on any atom is 0.257 e. The number of nitrogens with one attached hydrogen (secondary N) is 1. The van der Waals surface area contributed by atoms with Crippen molar-refractivity contribution in [3.8, 4) is 0 Å². The summed E-state index contributed by atoms with van der Waals surface area (Å²) in [5.41, 5.74) is 3.58. The van der Waals surface area contributed by atoms with E-state index in [1.807, 2.05) is 49.5 Å². The first-order valence-electron chi connectivity index (χ1n) is 12.3. The van der Waals surface area contributed by atoms with Crippen LogP contribution in [0.3, 0.4) is 0 Å². The van der Waals surface area contributed by atoms with E-state index >= 15 is 0 Å². The number of rotatable bonds is 7. The number of nitrogens with zero attached hydrogens (tertiary/aromatic N) is 4.